The number of ether oxygens (including phenoxy) is 1. The van der Waals surface area contributed by atoms with Crippen molar-refractivity contribution in [1.29, 1.82) is 0 Å². The largest absolute Gasteiger partial charge is 0.482 e. The quantitative estimate of drug-likeness (QED) is 0.756. The van der Waals surface area contributed by atoms with Crippen LogP contribution in [-0.4, -0.2) is 12.4 Å². The lowest BCUT2D eigenvalue weighted by atomic mass is 10.3. The van der Waals surface area contributed by atoms with Crippen LogP contribution < -0.4 is 4.74 Å². The van der Waals surface area contributed by atoms with Gasteiger partial charge in [0.05, 0.1) is 9.21 Å². The zero-order valence-electron chi connectivity index (χ0n) is 8.95. The zero-order chi connectivity index (χ0) is 13.1. The van der Waals surface area contributed by atoms with E-state index in [-0.39, 0.29) is 18.1 Å². The van der Waals surface area contributed by atoms with Gasteiger partial charge in [0.1, 0.15) is 0 Å². The maximum absolute atomic E-state index is 13.4. The highest BCUT2D eigenvalue weighted by molar-refractivity contribution is 9.10. The maximum atomic E-state index is 13.4. The standard InChI is InChI=1S/C12H7BrClFO2S/c13-7-1-2-8(15)10(5-7)17-6-9(16)11-3-4-12(14)18-11/h1-5H,6H2. The van der Waals surface area contributed by atoms with Crippen molar-refractivity contribution in [2.45, 2.75) is 0 Å². The summed E-state index contributed by atoms with van der Waals surface area (Å²) >= 11 is 10.1. The lowest BCUT2D eigenvalue weighted by Crippen LogP contribution is -2.10. The van der Waals surface area contributed by atoms with Crippen molar-refractivity contribution in [2.24, 2.45) is 0 Å². The maximum Gasteiger partial charge on any atom is 0.210 e. The number of benzene rings is 1. The molecule has 1 aromatic heterocycles. The summed E-state index contributed by atoms with van der Waals surface area (Å²) in [5, 5.41) is 0. The fourth-order valence-electron chi connectivity index (χ4n) is 1.27. The van der Waals surface area contributed by atoms with E-state index in [2.05, 4.69) is 15.9 Å². The third kappa shape index (κ3) is 3.31. The van der Waals surface area contributed by atoms with Gasteiger partial charge in [-0.1, -0.05) is 27.5 Å². The Kier molecular flexibility index (Phi) is 4.37. The van der Waals surface area contributed by atoms with Crippen molar-refractivity contribution >= 4 is 44.7 Å². The van der Waals surface area contributed by atoms with Gasteiger partial charge >= 0.3 is 0 Å². The van der Waals surface area contributed by atoms with Crippen molar-refractivity contribution in [3.05, 3.63) is 49.8 Å². The Labute approximate surface area is 120 Å². The number of Topliss-reactive ketones (excluding diaryl/α,β-unsaturated/α-hetero) is 1. The first-order chi connectivity index (χ1) is 8.56. The van der Waals surface area contributed by atoms with Crippen LogP contribution in [0.25, 0.3) is 0 Å². The van der Waals surface area contributed by atoms with Crippen LogP contribution in [-0.2, 0) is 0 Å². The Bertz CT molecular complexity index is 585. The number of carbonyl (C=O) groups excluding carboxylic acids is 1. The molecule has 2 rings (SSSR count). The average Bonchev–Trinajstić information content (AvgIpc) is 2.77. The second-order valence-corrected chi connectivity index (χ2v) is 6.02. The third-order valence-corrected chi connectivity index (χ3v) is 3.87. The molecule has 0 saturated carbocycles. The zero-order valence-corrected chi connectivity index (χ0v) is 12.1. The first-order valence-electron chi connectivity index (χ1n) is 4.92. The Balaban J connectivity index is 2.03. The van der Waals surface area contributed by atoms with Gasteiger partial charge in [0.2, 0.25) is 5.78 Å². The molecule has 0 aliphatic heterocycles. The van der Waals surface area contributed by atoms with Gasteiger partial charge in [0.15, 0.2) is 18.2 Å². The second-order valence-electron chi connectivity index (χ2n) is 3.39. The molecule has 0 fully saturated rings. The molecule has 0 saturated heterocycles. The van der Waals surface area contributed by atoms with Crippen molar-refractivity contribution in [1.82, 2.24) is 0 Å². The summed E-state index contributed by atoms with van der Waals surface area (Å²) in [6, 6.07) is 7.56. The fraction of sp³-hybridized carbons (Fsp3) is 0.0833. The van der Waals surface area contributed by atoms with Gasteiger partial charge in [0, 0.05) is 4.47 Å². The number of hydrogen-bond acceptors (Lipinski definition) is 3. The van der Waals surface area contributed by atoms with E-state index in [1.807, 2.05) is 0 Å². The Hall–Kier alpha value is -0.910. The highest BCUT2D eigenvalue weighted by Crippen LogP contribution is 2.24. The average molecular weight is 350 g/mol. The van der Waals surface area contributed by atoms with Crippen molar-refractivity contribution in [2.75, 3.05) is 6.61 Å². The Morgan fingerprint density at radius 1 is 1.39 bits per heavy atom. The molecule has 0 unspecified atom stereocenters. The molecule has 94 valence electrons. The monoisotopic (exact) mass is 348 g/mol. The van der Waals surface area contributed by atoms with E-state index in [1.165, 1.54) is 23.5 Å². The van der Waals surface area contributed by atoms with E-state index in [9.17, 15) is 9.18 Å². The predicted octanol–water partition coefficient (Wildman–Crippen LogP) is 4.56. The first-order valence-corrected chi connectivity index (χ1v) is 6.91. The molecule has 0 amide bonds. The molecular weight excluding hydrogens is 343 g/mol. The highest BCUT2D eigenvalue weighted by atomic mass is 79.9. The van der Waals surface area contributed by atoms with E-state index >= 15 is 0 Å². The van der Waals surface area contributed by atoms with Gasteiger partial charge in [0.25, 0.3) is 0 Å². The third-order valence-electron chi connectivity index (χ3n) is 2.10. The molecule has 0 radical (unpaired) electrons. The highest BCUT2D eigenvalue weighted by Gasteiger charge is 2.11. The van der Waals surface area contributed by atoms with Crippen LogP contribution in [0.15, 0.2) is 34.8 Å². The Morgan fingerprint density at radius 3 is 2.83 bits per heavy atom. The summed E-state index contributed by atoms with van der Waals surface area (Å²) < 4.78 is 19.7. The smallest absolute Gasteiger partial charge is 0.210 e. The molecule has 0 aliphatic rings. The Morgan fingerprint density at radius 2 is 2.17 bits per heavy atom. The van der Waals surface area contributed by atoms with Crippen LogP contribution in [0.2, 0.25) is 4.34 Å². The van der Waals surface area contributed by atoms with Gasteiger partial charge < -0.3 is 4.74 Å². The van der Waals surface area contributed by atoms with Crippen LogP contribution in [0, 0.1) is 5.82 Å². The van der Waals surface area contributed by atoms with Gasteiger partial charge in [-0.2, -0.15) is 0 Å². The number of thiophene rings is 1. The SMILES string of the molecule is O=C(COc1cc(Br)ccc1F)c1ccc(Cl)s1. The van der Waals surface area contributed by atoms with Gasteiger partial charge in [-0.3, -0.25) is 4.79 Å². The minimum absolute atomic E-state index is 0.0420. The van der Waals surface area contributed by atoms with Crippen molar-refractivity contribution in [3.63, 3.8) is 0 Å². The summed E-state index contributed by atoms with van der Waals surface area (Å²) in [7, 11) is 0. The minimum Gasteiger partial charge on any atom is -0.482 e. The molecule has 6 heteroatoms. The molecule has 0 N–H and O–H groups in total. The molecule has 0 spiro atoms. The van der Waals surface area contributed by atoms with E-state index in [4.69, 9.17) is 16.3 Å². The summed E-state index contributed by atoms with van der Waals surface area (Å²) in [4.78, 5) is 12.2. The molecule has 2 nitrogen and oxygen atoms in total. The van der Waals surface area contributed by atoms with Crippen LogP contribution >= 0.6 is 38.9 Å². The lowest BCUT2D eigenvalue weighted by Gasteiger charge is -2.06. The summed E-state index contributed by atoms with van der Waals surface area (Å²) in [6.45, 7) is -0.218. The second kappa shape index (κ2) is 5.82. The van der Waals surface area contributed by atoms with E-state index in [1.54, 1.807) is 18.2 Å². The summed E-state index contributed by atoms with van der Waals surface area (Å²) in [5.74, 6) is -0.693. The number of ketones is 1. The van der Waals surface area contributed by atoms with Gasteiger partial charge in [-0.25, -0.2) is 4.39 Å². The van der Waals surface area contributed by atoms with Crippen LogP contribution in [0.5, 0.6) is 5.75 Å². The van der Waals surface area contributed by atoms with Crippen LogP contribution in [0.3, 0.4) is 0 Å². The molecule has 1 heterocycles. The van der Waals surface area contributed by atoms with Crippen molar-refractivity contribution in [3.8, 4) is 5.75 Å². The van der Waals surface area contributed by atoms with Crippen molar-refractivity contribution < 1.29 is 13.9 Å². The number of carbonyl (C=O) groups is 1. The number of halogens is 3. The molecule has 0 bridgehead atoms. The molecular formula is C12H7BrClFO2S. The topological polar surface area (TPSA) is 26.3 Å². The molecule has 2 aromatic rings. The number of hydrogen-bond donors (Lipinski definition) is 0. The molecule has 18 heavy (non-hydrogen) atoms. The van der Waals surface area contributed by atoms with E-state index in [0.717, 1.165) is 0 Å². The fourth-order valence-corrected chi connectivity index (χ4v) is 2.57. The van der Waals surface area contributed by atoms with Gasteiger partial charge in [-0.15, -0.1) is 11.3 Å². The van der Waals surface area contributed by atoms with E-state index < -0.39 is 5.82 Å². The van der Waals surface area contributed by atoms with E-state index in [0.29, 0.717) is 13.7 Å². The summed E-state index contributed by atoms with van der Waals surface area (Å²) in [5.41, 5.74) is 0. The predicted molar refractivity (Wildman–Crippen MR) is 73.3 cm³/mol. The number of rotatable bonds is 4. The lowest BCUT2D eigenvalue weighted by molar-refractivity contribution is 0.0923. The molecule has 1 aromatic carbocycles. The molecule has 0 atom stereocenters. The van der Waals surface area contributed by atoms with Crippen LogP contribution in [0.1, 0.15) is 9.67 Å². The summed E-state index contributed by atoms with van der Waals surface area (Å²) in [6.07, 6.45) is 0. The normalized spacial score (nSPS) is 10.4. The first kappa shape index (κ1) is 13.5. The van der Waals surface area contributed by atoms with Crippen LogP contribution in [0.4, 0.5) is 4.39 Å². The minimum atomic E-state index is -0.504. The molecule has 0 aliphatic carbocycles. The van der Waals surface area contributed by atoms with Gasteiger partial charge in [-0.05, 0) is 30.3 Å².